The van der Waals surface area contributed by atoms with Crippen molar-refractivity contribution >= 4 is 18.1 Å². The van der Waals surface area contributed by atoms with E-state index in [0.717, 1.165) is 17.8 Å². The van der Waals surface area contributed by atoms with Crippen molar-refractivity contribution in [2.75, 3.05) is 0 Å². The van der Waals surface area contributed by atoms with Gasteiger partial charge in [-0.2, -0.15) is 0 Å². The van der Waals surface area contributed by atoms with Gasteiger partial charge in [0.1, 0.15) is 5.82 Å². The Hall–Kier alpha value is -1.57. The van der Waals surface area contributed by atoms with Crippen LogP contribution in [-0.2, 0) is 5.41 Å². The molecule has 0 radical (unpaired) electrons. The number of rotatable bonds is 6. The number of nitrogens with one attached hydrogen (secondary N) is 1. The third kappa shape index (κ3) is 2.96. The molecule has 1 rings (SSSR count). The van der Waals surface area contributed by atoms with E-state index in [2.05, 4.69) is 43.9 Å². The van der Waals surface area contributed by atoms with E-state index >= 15 is 0 Å². The Morgan fingerprint density at radius 1 is 1.41 bits per heavy atom. The van der Waals surface area contributed by atoms with Crippen LogP contribution in [0, 0.1) is 0 Å². The Bertz CT molecular complexity index is 422. The molecule has 0 fully saturated rings. The fourth-order valence-electron chi connectivity index (χ4n) is 2.18. The Balaban J connectivity index is 3.18. The molecule has 92 valence electrons. The minimum absolute atomic E-state index is 0.150. The van der Waals surface area contributed by atoms with Crippen LogP contribution in [0.15, 0.2) is 30.4 Å². The molecule has 0 atom stereocenters. The molecule has 1 aromatic rings. The fourth-order valence-corrected chi connectivity index (χ4v) is 2.18. The lowest BCUT2D eigenvalue weighted by Crippen LogP contribution is -2.16. The summed E-state index contributed by atoms with van der Waals surface area (Å²) < 4.78 is 0. The number of hydrogen-bond acceptors (Lipinski definition) is 1. The van der Waals surface area contributed by atoms with Crippen LogP contribution in [0.5, 0.6) is 0 Å². The normalized spacial score (nSPS) is 11.9. The second-order valence-electron chi connectivity index (χ2n) is 4.82. The van der Waals surface area contributed by atoms with E-state index in [9.17, 15) is 0 Å². The number of nitrogens with zero attached hydrogens (tertiary/aromatic N) is 1. The topological polar surface area (TPSA) is 28.1 Å². The van der Waals surface area contributed by atoms with Crippen LogP contribution >= 0.6 is 0 Å². The molecule has 0 saturated carbocycles. The zero-order valence-corrected chi connectivity index (χ0v) is 11.1. The summed E-state index contributed by atoms with van der Waals surface area (Å²) >= 11 is 0. The van der Waals surface area contributed by atoms with Crippen molar-refractivity contribution < 1.29 is 0 Å². The maximum absolute atomic E-state index is 4.32. The lowest BCUT2D eigenvalue weighted by molar-refractivity contribution is 0.473. The molecule has 0 amide bonds. The Labute approximate surface area is 104 Å². The van der Waals surface area contributed by atoms with Crippen molar-refractivity contribution in [3.05, 3.63) is 36.6 Å². The van der Waals surface area contributed by atoms with Gasteiger partial charge in [-0.05, 0) is 17.4 Å². The van der Waals surface area contributed by atoms with Crippen molar-refractivity contribution in [1.82, 2.24) is 4.98 Å². The Kier molecular flexibility index (Phi) is 4.50. The molecule has 0 aliphatic rings. The maximum Gasteiger partial charge on any atom is 0.137 e. The molecule has 0 aliphatic carbocycles. The summed E-state index contributed by atoms with van der Waals surface area (Å²) in [6, 6.07) is 0. The van der Waals surface area contributed by atoms with E-state index in [0.29, 0.717) is 0 Å². The van der Waals surface area contributed by atoms with Crippen LogP contribution < -0.4 is 0 Å². The van der Waals surface area contributed by atoms with Gasteiger partial charge in [-0.25, -0.2) is 4.99 Å². The first kappa shape index (κ1) is 13.5. The second-order valence-corrected chi connectivity index (χ2v) is 4.82. The molecule has 0 unspecified atom stereocenters. The highest BCUT2D eigenvalue weighted by Crippen LogP contribution is 2.35. The van der Waals surface area contributed by atoms with Gasteiger partial charge >= 0.3 is 0 Å². The standard InChI is InChI=1S/C15H22N2/c1-6-9-15(4,5)13-11-17-14(12(13)8-3)16-10-7-2/h7-8,10-11,17H,2-3,6,9H2,1,4-5H3/b16-10-. The number of aromatic amines is 1. The van der Waals surface area contributed by atoms with Crippen LogP contribution in [0.25, 0.3) is 6.08 Å². The number of H-pyrrole nitrogens is 1. The average molecular weight is 230 g/mol. The Morgan fingerprint density at radius 3 is 2.65 bits per heavy atom. The van der Waals surface area contributed by atoms with Gasteiger partial charge in [0.05, 0.1) is 0 Å². The van der Waals surface area contributed by atoms with Crippen LogP contribution in [0.2, 0.25) is 0 Å². The molecule has 1 N–H and O–H groups in total. The second kappa shape index (κ2) is 5.67. The molecule has 0 saturated heterocycles. The van der Waals surface area contributed by atoms with E-state index in [1.54, 1.807) is 12.3 Å². The predicted octanol–water partition coefficient (Wildman–Crippen LogP) is 4.62. The summed E-state index contributed by atoms with van der Waals surface area (Å²) in [5.41, 5.74) is 2.53. The van der Waals surface area contributed by atoms with Gasteiger partial charge in [0.2, 0.25) is 0 Å². The van der Waals surface area contributed by atoms with Crippen molar-refractivity contribution in [1.29, 1.82) is 0 Å². The van der Waals surface area contributed by atoms with Crippen molar-refractivity contribution in [3.63, 3.8) is 0 Å². The Morgan fingerprint density at radius 2 is 2.12 bits per heavy atom. The molecule has 0 spiro atoms. The average Bonchev–Trinajstić information content (AvgIpc) is 2.69. The molecule has 1 aromatic heterocycles. The van der Waals surface area contributed by atoms with E-state index in [4.69, 9.17) is 0 Å². The highest BCUT2D eigenvalue weighted by molar-refractivity contribution is 5.76. The summed E-state index contributed by atoms with van der Waals surface area (Å²) in [6.45, 7) is 14.2. The molecule has 0 aliphatic heterocycles. The van der Waals surface area contributed by atoms with Crippen molar-refractivity contribution in [2.24, 2.45) is 4.99 Å². The molecule has 1 heterocycles. The highest BCUT2D eigenvalue weighted by Gasteiger charge is 2.24. The molecule has 2 heteroatoms. The minimum Gasteiger partial charge on any atom is -0.346 e. The van der Waals surface area contributed by atoms with E-state index in [1.165, 1.54) is 12.0 Å². The first-order valence-corrected chi connectivity index (χ1v) is 6.06. The van der Waals surface area contributed by atoms with Gasteiger partial charge in [0, 0.05) is 18.0 Å². The maximum atomic E-state index is 4.32. The summed E-state index contributed by atoms with van der Waals surface area (Å²) in [5.74, 6) is 0.860. The number of aromatic nitrogens is 1. The largest absolute Gasteiger partial charge is 0.346 e. The third-order valence-corrected chi connectivity index (χ3v) is 3.02. The zero-order chi connectivity index (χ0) is 12.9. The van der Waals surface area contributed by atoms with E-state index < -0.39 is 0 Å². The highest BCUT2D eigenvalue weighted by atomic mass is 14.9. The molecular formula is C15H22N2. The molecular weight excluding hydrogens is 208 g/mol. The van der Waals surface area contributed by atoms with Gasteiger partial charge < -0.3 is 4.98 Å². The number of aliphatic imine (C=N–C) groups is 1. The van der Waals surface area contributed by atoms with Gasteiger partial charge in [-0.3, -0.25) is 0 Å². The summed E-state index contributed by atoms with van der Waals surface area (Å²) in [4.78, 5) is 7.53. The summed E-state index contributed by atoms with van der Waals surface area (Å²) in [6.07, 6.45) is 9.60. The summed E-state index contributed by atoms with van der Waals surface area (Å²) in [5, 5.41) is 0. The molecule has 0 aromatic carbocycles. The lowest BCUT2D eigenvalue weighted by Gasteiger charge is -2.24. The fraction of sp³-hybridized carbons (Fsp3) is 0.400. The van der Waals surface area contributed by atoms with Gasteiger partial charge in [0.25, 0.3) is 0 Å². The van der Waals surface area contributed by atoms with E-state index in [-0.39, 0.29) is 5.41 Å². The SMILES string of the molecule is C=C/C=N\c1[nH]cc(C(C)(C)CCC)c1C=C. The van der Waals surface area contributed by atoms with Crippen molar-refractivity contribution in [3.8, 4) is 0 Å². The summed E-state index contributed by atoms with van der Waals surface area (Å²) in [7, 11) is 0. The van der Waals surface area contributed by atoms with Crippen LogP contribution in [0.4, 0.5) is 5.82 Å². The number of hydrogen-bond donors (Lipinski definition) is 1. The quantitative estimate of drug-likeness (QED) is 0.690. The third-order valence-electron chi connectivity index (χ3n) is 3.02. The van der Waals surface area contributed by atoms with E-state index in [1.807, 2.05) is 12.3 Å². The minimum atomic E-state index is 0.150. The van der Waals surface area contributed by atoms with Crippen molar-refractivity contribution in [2.45, 2.75) is 39.0 Å². The molecule has 17 heavy (non-hydrogen) atoms. The first-order chi connectivity index (χ1) is 8.06. The number of allylic oxidation sites excluding steroid dienone is 1. The van der Waals surface area contributed by atoms with Gasteiger partial charge in [0.15, 0.2) is 0 Å². The van der Waals surface area contributed by atoms with Crippen LogP contribution in [0.1, 0.15) is 44.7 Å². The van der Waals surface area contributed by atoms with Crippen LogP contribution in [0.3, 0.4) is 0 Å². The predicted molar refractivity (Wildman–Crippen MR) is 77.2 cm³/mol. The molecule has 0 bridgehead atoms. The van der Waals surface area contributed by atoms with Gasteiger partial charge in [-0.15, -0.1) is 0 Å². The lowest BCUT2D eigenvalue weighted by atomic mass is 9.80. The zero-order valence-electron chi connectivity index (χ0n) is 11.1. The first-order valence-electron chi connectivity index (χ1n) is 6.06. The smallest absolute Gasteiger partial charge is 0.137 e. The van der Waals surface area contributed by atoms with Crippen LogP contribution in [-0.4, -0.2) is 11.2 Å². The monoisotopic (exact) mass is 230 g/mol. The molecule has 2 nitrogen and oxygen atoms in total. The van der Waals surface area contributed by atoms with Gasteiger partial charge in [-0.1, -0.05) is 52.5 Å².